The molecule has 154 valence electrons. The zero-order valence-corrected chi connectivity index (χ0v) is 15.1. The molecule has 1 aromatic heterocycles. The fraction of sp³-hybridized carbons (Fsp3) is 0.263. The zero-order valence-electron chi connectivity index (χ0n) is 15.1. The Balaban J connectivity index is 1.96. The maximum Gasteiger partial charge on any atom is 0.416 e. The average molecular weight is 414 g/mol. The molecule has 0 atom stereocenters. The molecule has 0 aliphatic heterocycles. The van der Waals surface area contributed by atoms with E-state index in [9.17, 15) is 26.3 Å². The molecule has 3 rings (SSSR count). The normalized spacial score (nSPS) is 12.5. The summed E-state index contributed by atoms with van der Waals surface area (Å²) in [5.74, 6) is 0.163. The summed E-state index contributed by atoms with van der Waals surface area (Å²) >= 11 is 0. The van der Waals surface area contributed by atoms with Crippen molar-refractivity contribution in [3.05, 3.63) is 58.1 Å². The maximum atomic E-state index is 13.0. The second-order valence-electron chi connectivity index (χ2n) is 6.62. The van der Waals surface area contributed by atoms with E-state index in [-0.39, 0.29) is 36.2 Å². The van der Waals surface area contributed by atoms with Gasteiger partial charge in [0.2, 0.25) is 5.95 Å². The maximum absolute atomic E-state index is 13.0. The minimum atomic E-state index is -4.87. The van der Waals surface area contributed by atoms with Gasteiger partial charge in [-0.3, -0.25) is 0 Å². The van der Waals surface area contributed by atoms with E-state index >= 15 is 0 Å². The number of hydrogen-bond donors (Lipinski definition) is 2. The van der Waals surface area contributed by atoms with E-state index in [1.807, 2.05) is 0 Å². The molecule has 1 heterocycles. The molecule has 4 nitrogen and oxygen atoms in total. The number of halogens is 6. The van der Waals surface area contributed by atoms with Crippen LogP contribution in [0.15, 0.2) is 30.3 Å². The second-order valence-corrected chi connectivity index (χ2v) is 6.62. The van der Waals surface area contributed by atoms with Gasteiger partial charge in [-0.15, -0.1) is 0 Å². The summed E-state index contributed by atoms with van der Waals surface area (Å²) in [6.45, 7) is 1.74. The molecule has 0 amide bonds. The highest BCUT2D eigenvalue weighted by molar-refractivity contribution is 5.92. The molecule has 10 heteroatoms. The molecule has 0 aliphatic rings. The molecule has 0 saturated heterocycles. The van der Waals surface area contributed by atoms with E-state index in [1.54, 1.807) is 19.1 Å². The lowest BCUT2D eigenvalue weighted by molar-refractivity contribution is -0.143. The third-order valence-corrected chi connectivity index (χ3v) is 4.61. The third kappa shape index (κ3) is 4.36. The van der Waals surface area contributed by atoms with Crippen molar-refractivity contribution >= 4 is 22.7 Å². The quantitative estimate of drug-likeness (QED) is 0.596. The van der Waals surface area contributed by atoms with Crippen molar-refractivity contribution < 1.29 is 26.3 Å². The van der Waals surface area contributed by atoms with Gasteiger partial charge in [-0.25, -0.2) is 4.98 Å². The number of alkyl halides is 6. The Bertz CT molecular complexity index is 1040. The largest absolute Gasteiger partial charge is 0.416 e. The number of fused-ring (bicyclic) bond motifs is 1. The molecule has 0 radical (unpaired) electrons. The molecule has 0 unspecified atom stereocenters. The van der Waals surface area contributed by atoms with Crippen molar-refractivity contribution in [2.24, 2.45) is 0 Å². The summed E-state index contributed by atoms with van der Waals surface area (Å²) in [7, 11) is 0. The van der Waals surface area contributed by atoms with Gasteiger partial charge in [0, 0.05) is 5.39 Å². The van der Waals surface area contributed by atoms with Crippen molar-refractivity contribution in [2.45, 2.75) is 32.1 Å². The predicted octanol–water partition coefficient (Wildman–Crippen LogP) is 4.93. The molecule has 0 aliphatic carbocycles. The highest BCUT2D eigenvalue weighted by atomic mass is 19.4. The summed E-state index contributed by atoms with van der Waals surface area (Å²) < 4.78 is 78.1. The number of aromatic nitrogens is 2. The van der Waals surface area contributed by atoms with Crippen molar-refractivity contribution in [1.29, 1.82) is 0 Å². The first kappa shape index (κ1) is 20.7. The Labute approximate surface area is 161 Å². The van der Waals surface area contributed by atoms with Gasteiger partial charge < -0.3 is 11.5 Å². The summed E-state index contributed by atoms with van der Waals surface area (Å²) in [6.07, 6.45) is -9.56. The SMILES string of the molecule is Cc1c(CCc2cc(C(F)(F)F)cc(C(F)(F)F)c2)ccc2nc(N)nc(N)c12. The molecule has 0 fully saturated rings. The Morgan fingerprint density at radius 1 is 0.828 bits per heavy atom. The number of rotatable bonds is 3. The number of anilines is 2. The first-order valence-electron chi connectivity index (χ1n) is 8.46. The standard InChI is InChI=1S/C19H16F6N4/c1-9-11(4-5-14-15(9)16(26)29-17(27)28-14)3-2-10-6-12(18(20,21)22)8-13(7-10)19(23,24)25/h4-8H,2-3H2,1H3,(H4,26,27,28,29). The topological polar surface area (TPSA) is 77.8 Å². The van der Waals surface area contributed by atoms with Crippen molar-refractivity contribution in [2.75, 3.05) is 11.5 Å². The number of hydrogen-bond acceptors (Lipinski definition) is 4. The highest BCUT2D eigenvalue weighted by Gasteiger charge is 2.36. The van der Waals surface area contributed by atoms with E-state index in [2.05, 4.69) is 9.97 Å². The molecular formula is C19H16F6N4. The minimum absolute atomic E-state index is 0.00537. The van der Waals surface area contributed by atoms with Crippen LogP contribution >= 0.6 is 0 Å². The number of nitrogens with two attached hydrogens (primary N) is 2. The highest BCUT2D eigenvalue weighted by Crippen LogP contribution is 2.36. The van der Waals surface area contributed by atoms with E-state index in [1.165, 1.54) is 0 Å². The van der Waals surface area contributed by atoms with Gasteiger partial charge in [0.05, 0.1) is 16.6 Å². The number of nitrogen functional groups attached to an aromatic ring is 2. The van der Waals surface area contributed by atoms with Gasteiger partial charge >= 0.3 is 12.4 Å². The predicted molar refractivity (Wildman–Crippen MR) is 97.0 cm³/mol. The van der Waals surface area contributed by atoms with E-state index in [4.69, 9.17) is 11.5 Å². The Morgan fingerprint density at radius 3 is 1.97 bits per heavy atom. The summed E-state index contributed by atoms with van der Waals surface area (Å²) in [4.78, 5) is 7.96. The molecule has 29 heavy (non-hydrogen) atoms. The molecular weight excluding hydrogens is 398 g/mol. The van der Waals surface area contributed by atoms with Gasteiger partial charge in [-0.1, -0.05) is 6.07 Å². The summed E-state index contributed by atoms with van der Waals surface area (Å²) in [6, 6.07) is 4.93. The lowest BCUT2D eigenvalue weighted by Crippen LogP contribution is -2.12. The van der Waals surface area contributed by atoms with Crippen LogP contribution in [-0.2, 0) is 25.2 Å². The number of aryl methyl sites for hydroxylation is 3. The van der Waals surface area contributed by atoms with Crippen LogP contribution in [0.4, 0.5) is 38.1 Å². The Kier molecular flexibility index (Phi) is 5.06. The van der Waals surface area contributed by atoms with Gasteiger partial charge in [-0.2, -0.15) is 31.3 Å². The molecule has 0 saturated carbocycles. The minimum Gasteiger partial charge on any atom is -0.383 e. The fourth-order valence-electron chi connectivity index (χ4n) is 3.20. The van der Waals surface area contributed by atoms with Crippen LogP contribution in [0.5, 0.6) is 0 Å². The van der Waals surface area contributed by atoms with Crippen LogP contribution in [0.1, 0.15) is 27.8 Å². The average Bonchev–Trinajstić information content (AvgIpc) is 2.58. The van der Waals surface area contributed by atoms with Gasteiger partial charge in [0.25, 0.3) is 0 Å². The first-order chi connectivity index (χ1) is 13.4. The molecule has 0 bridgehead atoms. The molecule has 4 N–H and O–H groups in total. The zero-order chi connectivity index (χ0) is 21.6. The Morgan fingerprint density at radius 2 is 1.41 bits per heavy atom. The molecule has 2 aromatic carbocycles. The second kappa shape index (κ2) is 7.09. The first-order valence-corrected chi connectivity index (χ1v) is 8.46. The molecule has 3 aromatic rings. The smallest absolute Gasteiger partial charge is 0.383 e. The van der Waals surface area contributed by atoms with Gasteiger partial charge in [-0.05, 0) is 60.7 Å². The van der Waals surface area contributed by atoms with E-state index in [0.717, 1.165) is 12.1 Å². The van der Waals surface area contributed by atoms with E-state index in [0.29, 0.717) is 22.0 Å². The lowest BCUT2D eigenvalue weighted by Gasteiger charge is -2.15. The molecule has 0 spiro atoms. The van der Waals surface area contributed by atoms with Crippen molar-refractivity contribution in [1.82, 2.24) is 9.97 Å². The van der Waals surface area contributed by atoms with Crippen LogP contribution < -0.4 is 11.5 Å². The van der Waals surface area contributed by atoms with E-state index < -0.39 is 23.5 Å². The fourth-order valence-corrected chi connectivity index (χ4v) is 3.20. The summed E-state index contributed by atoms with van der Waals surface area (Å²) in [5.41, 5.74) is 10.6. The third-order valence-electron chi connectivity index (χ3n) is 4.61. The van der Waals surface area contributed by atoms with Crippen LogP contribution in [0.2, 0.25) is 0 Å². The number of benzene rings is 2. The van der Waals surface area contributed by atoms with Crippen molar-refractivity contribution in [3.8, 4) is 0 Å². The van der Waals surface area contributed by atoms with Crippen molar-refractivity contribution in [3.63, 3.8) is 0 Å². The Hall–Kier alpha value is -3.04. The van der Waals surface area contributed by atoms with Crippen LogP contribution in [0.25, 0.3) is 10.9 Å². The lowest BCUT2D eigenvalue weighted by atomic mass is 9.95. The van der Waals surface area contributed by atoms with Crippen LogP contribution in [-0.4, -0.2) is 9.97 Å². The van der Waals surface area contributed by atoms with Crippen LogP contribution in [0.3, 0.4) is 0 Å². The number of nitrogens with zero attached hydrogens (tertiary/aromatic N) is 2. The monoisotopic (exact) mass is 414 g/mol. The van der Waals surface area contributed by atoms with Crippen LogP contribution in [0, 0.1) is 6.92 Å². The van der Waals surface area contributed by atoms with Gasteiger partial charge in [0.1, 0.15) is 5.82 Å². The van der Waals surface area contributed by atoms with Gasteiger partial charge in [0.15, 0.2) is 0 Å². The summed E-state index contributed by atoms with van der Waals surface area (Å²) in [5, 5.41) is 0.553.